The molecule has 1 aromatic heterocycles. The predicted molar refractivity (Wildman–Crippen MR) is 79.9 cm³/mol. The van der Waals surface area contributed by atoms with Crippen molar-refractivity contribution in [2.75, 3.05) is 11.9 Å². The van der Waals surface area contributed by atoms with E-state index < -0.39 is 11.4 Å². The van der Waals surface area contributed by atoms with Gasteiger partial charge in [-0.15, -0.1) is 11.3 Å². The topological polar surface area (TPSA) is 62.2 Å². The highest BCUT2D eigenvalue weighted by atomic mass is 32.1. The summed E-state index contributed by atoms with van der Waals surface area (Å²) in [5.74, 6) is -0.347. The zero-order chi connectivity index (χ0) is 14.8. The number of nitrogens with one attached hydrogen (secondary N) is 1. The molecule has 0 aromatic carbocycles. The summed E-state index contributed by atoms with van der Waals surface area (Å²) < 4.78 is 0. The van der Waals surface area contributed by atoms with Gasteiger partial charge in [0, 0.05) is 11.9 Å². The SMILES string of the molecule is CC(CNc1nc(C(C)(C)C(=O)O)cs1)C(C)(C)C. The molecule has 0 aliphatic rings. The second-order valence-corrected chi connectivity index (χ2v) is 7.47. The van der Waals surface area contributed by atoms with E-state index in [4.69, 9.17) is 0 Å². The first-order valence-electron chi connectivity index (χ1n) is 6.48. The van der Waals surface area contributed by atoms with Crippen LogP contribution in [0, 0.1) is 11.3 Å². The molecule has 1 rings (SSSR count). The Labute approximate surface area is 119 Å². The number of rotatable bonds is 5. The van der Waals surface area contributed by atoms with Crippen LogP contribution in [0.4, 0.5) is 5.13 Å². The van der Waals surface area contributed by atoms with Crippen LogP contribution < -0.4 is 5.32 Å². The number of aliphatic carboxylic acids is 1. The number of carboxylic acid groups (broad SMARTS) is 1. The van der Waals surface area contributed by atoms with Gasteiger partial charge in [0.05, 0.1) is 5.69 Å². The van der Waals surface area contributed by atoms with Gasteiger partial charge in [-0.25, -0.2) is 4.98 Å². The summed E-state index contributed by atoms with van der Waals surface area (Å²) in [6.07, 6.45) is 0. The van der Waals surface area contributed by atoms with Crippen LogP contribution in [-0.4, -0.2) is 22.6 Å². The van der Waals surface area contributed by atoms with Crippen molar-refractivity contribution in [2.45, 2.75) is 47.0 Å². The average Bonchev–Trinajstić information content (AvgIpc) is 2.73. The van der Waals surface area contributed by atoms with Crippen molar-refractivity contribution in [1.82, 2.24) is 4.98 Å². The number of aromatic nitrogens is 1. The summed E-state index contributed by atoms with van der Waals surface area (Å²) in [6.45, 7) is 13.0. The molecular weight excluding hydrogens is 260 g/mol. The highest BCUT2D eigenvalue weighted by Crippen LogP contribution is 2.29. The van der Waals surface area contributed by atoms with Crippen molar-refractivity contribution in [3.05, 3.63) is 11.1 Å². The maximum absolute atomic E-state index is 11.2. The Morgan fingerprint density at radius 3 is 2.47 bits per heavy atom. The normalized spacial score (nSPS) is 14.2. The third-order valence-corrected chi connectivity index (χ3v) is 4.52. The molecule has 5 heteroatoms. The van der Waals surface area contributed by atoms with E-state index in [0.717, 1.165) is 11.7 Å². The Bertz CT molecular complexity index is 447. The molecule has 0 fully saturated rings. The minimum absolute atomic E-state index is 0.243. The standard InChI is InChI=1S/C14H24N2O2S/c1-9(13(2,3)4)7-15-12-16-10(8-19-12)14(5,6)11(17)18/h8-9H,7H2,1-6H3,(H,15,16)(H,17,18). The van der Waals surface area contributed by atoms with Gasteiger partial charge in [-0.2, -0.15) is 0 Å². The van der Waals surface area contributed by atoms with Crippen LogP contribution in [0.2, 0.25) is 0 Å². The number of nitrogens with zero attached hydrogens (tertiary/aromatic N) is 1. The van der Waals surface area contributed by atoms with E-state index in [1.54, 1.807) is 13.8 Å². The fraction of sp³-hybridized carbons (Fsp3) is 0.714. The molecule has 0 bridgehead atoms. The lowest BCUT2D eigenvalue weighted by Crippen LogP contribution is -2.29. The lowest BCUT2D eigenvalue weighted by molar-refractivity contribution is -0.142. The molecule has 0 saturated heterocycles. The molecule has 0 spiro atoms. The molecule has 0 amide bonds. The lowest BCUT2D eigenvalue weighted by Gasteiger charge is -2.27. The maximum Gasteiger partial charge on any atom is 0.315 e. The van der Waals surface area contributed by atoms with Gasteiger partial charge in [0.2, 0.25) is 0 Å². The summed E-state index contributed by atoms with van der Waals surface area (Å²) in [6, 6.07) is 0. The summed E-state index contributed by atoms with van der Waals surface area (Å²) in [5, 5.41) is 15.1. The zero-order valence-electron chi connectivity index (χ0n) is 12.6. The van der Waals surface area contributed by atoms with Crippen molar-refractivity contribution in [3.8, 4) is 0 Å². The maximum atomic E-state index is 11.2. The molecule has 108 valence electrons. The minimum Gasteiger partial charge on any atom is -0.481 e. The van der Waals surface area contributed by atoms with Crippen molar-refractivity contribution >= 4 is 22.4 Å². The highest BCUT2D eigenvalue weighted by Gasteiger charge is 2.32. The second-order valence-electron chi connectivity index (χ2n) is 6.62. The van der Waals surface area contributed by atoms with E-state index >= 15 is 0 Å². The van der Waals surface area contributed by atoms with Gasteiger partial charge in [-0.1, -0.05) is 27.7 Å². The monoisotopic (exact) mass is 284 g/mol. The van der Waals surface area contributed by atoms with Crippen LogP contribution in [0.3, 0.4) is 0 Å². The minimum atomic E-state index is -0.938. The Morgan fingerprint density at radius 1 is 1.42 bits per heavy atom. The molecule has 0 radical (unpaired) electrons. The first-order valence-corrected chi connectivity index (χ1v) is 7.36. The molecule has 1 aromatic rings. The molecule has 1 atom stereocenters. The highest BCUT2D eigenvalue weighted by molar-refractivity contribution is 7.13. The van der Waals surface area contributed by atoms with E-state index in [-0.39, 0.29) is 5.41 Å². The number of carbonyl (C=O) groups is 1. The van der Waals surface area contributed by atoms with Gasteiger partial charge in [-0.3, -0.25) is 4.79 Å². The van der Waals surface area contributed by atoms with Gasteiger partial charge >= 0.3 is 5.97 Å². The van der Waals surface area contributed by atoms with Crippen LogP contribution in [-0.2, 0) is 10.2 Å². The van der Waals surface area contributed by atoms with Crippen molar-refractivity contribution < 1.29 is 9.90 Å². The smallest absolute Gasteiger partial charge is 0.315 e. The molecule has 0 aliphatic heterocycles. The second kappa shape index (κ2) is 5.49. The summed E-state index contributed by atoms with van der Waals surface area (Å²) in [7, 11) is 0. The molecule has 0 saturated carbocycles. The van der Waals surface area contributed by atoms with Crippen LogP contribution in [0.1, 0.15) is 47.2 Å². The Kier molecular flexibility index (Phi) is 4.61. The summed E-state index contributed by atoms with van der Waals surface area (Å²) >= 11 is 1.46. The van der Waals surface area contributed by atoms with Crippen LogP contribution in [0.25, 0.3) is 0 Å². The van der Waals surface area contributed by atoms with Crippen molar-refractivity contribution in [1.29, 1.82) is 0 Å². The quantitative estimate of drug-likeness (QED) is 0.867. The van der Waals surface area contributed by atoms with E-state index in [0.29, 0.717) is 11.6 Å². The molecular formula is C14H24N2O2S. The molecule has 1 unspecified atom stereocenters. The van der Waals surface area contributed by atoms with E-state index in [2.05, 4.69) is 38.0 Å². The number of thiazole rings is 1. The Hall–Kier alpha value is -1.10. The number of hydrogen-bond donors (Lipinski definition) is 2. The summed E-state index contributed by atoms with van der Waals surface area (Å²) in [5.41, 5.74) is -0.0876. The zero-order valence-corrected chi connectivity index (χ0v) is 13.4. The van der Waals surface area contributed by atoms with Crippen molar-refractivity contribution in [2.24, 2.45) is 11.3 Å². The lowest BCUT2D eigenvalue weighted by atomic mass is 9.82. The number of hydrogen-bond acceptors (Lipinski definition) is 4. The number of anilines is 1. The molecule has 1 heterocycles. The van der Waals surface area contributed by atoms with Crippen molar-refractivity contribution in [3.63, 3.8) is 0 Å². The first kappa shape index (κ1) is 16.0. The van der Waals surface area contributed by atoms with Gasteiger partial charge in [0.15, 0.2) is 5.13 Å². The third kappa shape index (κ3) is 3.93. The molecule has 0 aliphatic carbocycles. The summed E-state index contributed by atoms with van der Waals surface area (Å²) in [4.78, 5) is 15.6. The van der Waals surface area contributed by atoms with E-state index in [9.17, 15) is 9.90 Å². The van der Waals surface area contributed by atoms with Crippen LogP contribution in [0.15, 0.2) is 5.38 Å². The van der Waals surface area contributed by atoms with E-state index in [1.807, 2.05) is 5.38 Å². The van der Waals surface area contributed by atoms with Crippen LogP contribution in [0.5, 0.6) is 0 Å². The largest absolute Gasteiger partial charge is 0.481 e. The van der Waals surface area contributed by atoms with E-state index in [1.165, 1.54) is 11.3 Å². The fourth-order valence-corrected chi connectivity index (χ4v) is 2.19. The third-order valence-electron chi connectivity index (χ3n) is 3.72. The Morgan fingerprint density at radius 2 is 2.00 bits per heavy atom. The molecule has 19 heavy (non-hydrogen) atoms. The fourth-order valence-electron chi connectivity index (χ4n) is 1.30. The molecule has 2 N–H and O–H groups in total. The van der Waals surface area contributed by atoms with Gasteiger partial charge < -0.3 is 10.4 Å². The van der Waals surface area contributed by atoms with Gasteiger partial charge in [0.1, 0.15) is 5.41 Å². The Balaban J connectivity index is 2.69. The van der Waals surface area contributed by atoms with Crippen LogP contribution >= 0.6 is 11.3 Å². The average molecular weight is 284 g/mol. The number of carboxylic acids is 1. The molecule has 4 nitrogen and oxygen atoms in total. The van der Waals surface area contributed by atoms with Gasteiger partial charge in [-0.05, 0) is 25.2 Å². The van der Waals surface area contributed by atoms with Gasteiger partial charge in [0.25, 0.3) is 0 Å². The first-order chi connectivity index (χ1) is 8.55. The predicted octanol–water partition coefficient (Wildman–Crippen LogP) is 3.60.